The molecule has 0 aliphatic carbocycles. The van der Waals surface area contributed by atoms with E-state index in [1.54, 1.807) is 6.07 Å². The van der Waals surface area contributed by atoms with Crippen LogP contribution in [-0.2, 0) is 13.0 Å². The quantitative estimate of drug-likeness (QED) is 0.807. The number of nitrogens with one attached hydrogen (secondary N) is 1. The van der Waals surface area contributed by atoms with E-state index in [0.29, 0.717) is 35.7 Å². The number of rotatable bonds is 3. The second-order valence-corrected chi connectivity index (χ2v) is 6.04. The molecule has 1 aliphatic heterocycles. The van der Waals surface area contributed by atoms with Crippen LogP contribution < -0.4 is 15.0 Å². The van der Waals surface area contributed by atoms with Gasteiger partial charge in [-0.2, -0.15) is 0 Å². The number of aromatic nitrogens is 1. The number of urea groups is 1. The topological polar surface area (TPSA) is 54.5 Å². The Bertz CT molecular complexity index is 801. The molecule has 1 aromatic heterocycles. The van der Waals surface area contributed by atoms with Crippen molar-refractivity contribution in [3.05, 3.63) is 51.8 Å². The van der Waals surface area contributed by atoms with Gasteiger partial charge in [-0.05, 0) is 33.6 Å². The standard InChI is InChI=1S/C16H14BrF2N3O2/c1-24-11-5-9(4-10(18)6-11)8-20-16(23)22-3-2-13-14(22)7-12(19)15(17)21-13/h4-7H,2-3,8H2,1H3,(H,20,23). The first-order valence-electron chi connectivity index (χ1n) is 7.21. The summed E-state index contributed by atoms with van der Waals surface area (Å²) in [6.45, 7) is 0.543. The Morgan fingerprint density at radius 3 is 2.92 bits per heavy atom. The van der Waals surface area contributed by atoms with Crippen molar-refractivity contribution >= 4 is 27.6 Å². The van der Waals surface area contributed by atoms with Crippen LogP contribution in [0.4, 0.5) is 19.3 Å². The van der Waals surface area contributed by atoms with Crippen molar-refractivity contribution in [1.29, 1.82) is 0 Å². The Balaban J connectivity index is 1.71. The predicted molar refractivity (Wildman–Crippen MR) is 88.1 cm³/mol. The zero-order valence-corrected chi connectivity index (χ0v) is 14.4. The highest BCUT2D eigenvalue weighted by atomic mass is 79.9. The monoisotopic (exact) mass is 397 g/mol. The molecule has 0 atom stereocenters. The summed E-state index contributed by atoms with van der Waals surface area (Å²) in [5.74, 6) is -0.591. The molecule has 0 spiro atoms. The minimum Gasteiger partial charge on any atom is -0.497 e. The number of amides is 2. The molecule has 0 radical (unpaired) electrons. The molecule has 0 unspecified atom stereocenters. The van der Waals surface area contributed by atoms with Gasteiger partial charge in [0, 0.05) is 31.6 Å². The Labute approximate surface area is 145 Å². The molecule has 126 valence electrons. The van der Waals surface area contributed by atoms with Gasteiger partial charge in [-0.3, -0.25) is 4.90 Å². The number of nitrogens with zero attached hydrogens (tertiary/aromatic N) is 2. The van der Waals surface area contributed by atoms with Crippen molar-refractivity contribution in [2.24, 2.45) is 0 Å². The molecule has 24 heavy (non-hydrogen) atoms. The van der Waals surface area contributed by atoms with Crippen LogP contribution >= 0.6 is 15.9 Å². The van der Waals surface area contributed by atoms with Gasteiger partial charge in [0.1, 0.15) is 16.2 Å². The molecule has 1 aliphatic rings. The molecule has 8 heteroatoms. The number of carbonyl (C=O) groups is 1. The minimum absolute atomic E-state index is 0.130. The summed E-state index contributed by atoms with van der Waals surface area (Å²) in [5, 5.41) is 2.70. The molecule has 2 aromatic rings. The molecule has 0 saturated heterocycles. The summed E-state index contributed by atoms with van der Waals surface area (Å²) < 4.78 is 32.3. The maximum atomic E-state index is 13.7. The molecule has 1 aromatic carbocycles. The van der Waals surface area contributed by atoms with Crippen LogP contribution in [0.25, 0.3) is 0 Å². The fraction of sp³-hybridized carbons (Fsp3) is 0.250. The Morgan fingerprint density at radius 2 is 2.17 bits per heavy atom. The third kappa shape index (κ3) is 3.33. The van der Waals surface area contributed by atoms with Gasteiger partial charge in [-0.15, -0.1) is 0 Å². The lowest BCUT2D eigenvalue weighted by Gasteiger charge is -2.18. The van der Waals surface area contributed by atoms with E-state index < -0.39 is 11.6 Å². The van der Waals surface area contributed by atoms with E-state index in [4.69, 9.17) is 4.74 Å². The molecule has 1 N–H and O–H groups in total. The molecular weight excluding hydrogens is 384 g/mol. The van der Waals surface area contributed by atoms with Gasteiger partial charge >= 0.3 is 6.03 Å². The SMILES string of the molecule is COc1cc(F)cc(CNC(=O)N2CCc3nc(Br)c(F)cc32)c1. The van der Waals surface area contributed by atoms with Gasteiger partial charge in [-0.1, -0.05) is 0 Å². The van der Waals surface area contributed by atoms with E-state index in [1.807, 2.05) is 0 Å². The molecule has 0 bridgehead atoms. The van der Waals surface area contributed by atoms with Crippen LogP contribution in [0.2, 0.25) is 0 Å². The largest absolute Gasteiger partial charge is 0.497 e. The Morgan fingerprint density at radius 1 is 1.38 bits per heavy atom. The fourth-order valence-corrected chi connectivity index (χ4v) is 2.90. The maximum absolute atomic E-state index is 13.7. The molecule has 2 heterocycles. The average Bonchev–Trinajstić information content (AvgIpc) is 2.95. The maximum Gasteiger partial charge on any atom is 0.322 e. The number of halogens is 3. The van der Waals surface area contributed by atoms with Gasteiger partial charge in [0.05, 0.1) is 18.5 Å². The van der Waals surface area contributed by atoms with E-state index in [9.17, 15) is 13.6 Å². The molecule has 0 saturated carbocycles. The Kier molecular flexibility index (Phi) is 4.66. The number of hydrogen-bond acceptors (Lipinski definition) is 3. The summed E-state index contributed by atoms with van der Waals surface area (Å²) in [6.07, 6.45) is 0.551. The highest BCUT2D eigenvalue weighted by molar-refractivity contribution is 9.10. The number of carbonyl (C=O) groups excluding carboxylic acids is 1. The number of pyridine rings is 1. The first-order valence-corrected chi connectivity index (χ1v) is 8.01. The van der Waals surface area contributed by atoms with Crippen molar-refractivity contribution in [3.63, 3.8) is 0 Å². The van der Waals surface area contributed by atoms with Crippen molar-refractivity contribution in [1.82, 2.24) is 10.3 Å². The van der Waals surface area contributed by atoms with Crippen molar-refractivity contribution in [3.8, 4) is 5.75 Å². The summed E-state index contributed by atoms with van der Waals surface area (Å²) in [4.78, 5) is 17.9. The lowest BCUT2D eigenvalue weighted by molar-refractivity contribution is 0.246. The van der Waals surface area contributed by atoms with E-state index in [1.165, 1.54) is 30.2 Å². The number of anilines is 1. The zero-order chi connectivity index (χ0) is 17.3. The smallest absolute Gasteiger partial charge is 0.322 e. The normalized spacial score (nSPS) is 12.9. The number of benzene rings is 1. The molecular formula is C16H14BrF2N3O2. The Hall–Kier alpha value is -2.22. The highest BCUT2D eigenvalue weighted by Crippen LogP contribution is 2.30. The van der Waals surface area contributed by atoms with Gasteiger partial charge < -0.3 is 10.1 Å². The van der Waals surface area contributed by atoms with Gasteiger partial charge in [0.2, 0.25) is 0 Å². The molecule has 2 amide bonds. The summed E-state index contributed by atoms with van der Waals surface area (Å²) in [5.41, 5.74) is 1.68. The summed E-state index contributed by atoms with van der Waals surface area (Å²) >= 11 is 3.03. The first-order chi connectivity index (χ1) is 11.5. The predicted octanol–water partition coefficient (Wildman–Crippen LogP) is 3.40. The van der Waals surface area contributed by atoms with E-state index >= 15 is 0 Å². The molecule has 3 rings (SSSR count). The van der Waals surface area contributed by atoms with Gasteiger partial charge in [0.25, 0.3) is 0 Å². The van der Waals surface area contributed by atoms with E-state index in [0.717, 1.165) is 0 Å². The van der Waals surface area contributed by atoms with Crippen molar-refractivity contribution in [2.75, 3.05) is 18.6 Å². The van der Waals surface area contributed by atoms with Gasteiger partial charge in [-0.25, -0.2) is 18.6 Å². The van der Waals surface area contributed by atoms with Crippen molar-refractivity contribution in [2.45, 2.75) is 13.0 Å². The van der Waals surface area contributed by atoms with Crippen LogP contribution in [0.3, 0.4) is 0 Å². The lowest BCUT2D eigenvalue weighted by Crippen LogP contribution is -2.38. The summed E-state index contributed by atoms with van der Waals surface area (Å²) in [7, 11) is 1.44. The number of hydrogen-bond donors (Lipinski definition) is 1. The minimum atomic E-state index is -0.525. The van der Waals surface area contributed by atoms with Crippen LogP contribution in [0, 0.1) is 11.6 Å². The van der Waals surface area contributed by atoms with E-state index in [2.05, 4.69) is 26.2 Å². The zero-order valence-electron chi connectivity index (χ0n) is 12.8. The van der Waals surface area contributed by atoms with Crippen LogP contribution in [0.1, 0.15) is 11.3 Å². The third-order valence-corrected chi connectivity index (χ3v) is 4.26. The average molecular weight is 398 g/mol. The highest BCUT2D eigenvalue weighted by Gasteiger charge is 2.27. The number of fused-ring (bicyclic) bond motifs is 1. The second-order valence-electron chi connectivity index (χ2n) is 5.29. The number of ether oxygens (including phenoxy) is 1. The van der Waals surface area contributed by atoms with Gasteiger partial charge in [0.15, 0.2) is 5.82 Å². The fourth-order valence-electron chi connectivity index (χ4n) is 2.57. The molecule has 5 nitrogen and oxygen atoms in total. The molecule has 0 fully saturated rings. The van der Waals surface area contributed by atoms with Crippen LogP contribution in [0.15, 0.2) is 28.9 Å². The van der Waals surface area contributed by atoms with Crippen molar-refractivity contribution < 1.29 is 18.3 Å². The van der Waals surface area contributed by atoms with Crippen LogP contribution in [-0.4, -0.2) is 24.7 Å². The second kappa shape index (κ2) is 6.72. The third-order valence-electron chi connectivity index (χ3n) is 3.71. The lowest BCUT2D eigenvalue weighted by atomic mass is 10.2. The summed E-state index contributed by atoms with van der Waals surface area (Å²) in [6, 6.07) is 5.11. The first kappa shape index (κ1) is 16.6. The van der Waals surface area contributed by atoms with E-state index in [-0.39, 0.29) is 17.2 Å². The number of methoxy groups -OCH3 is 1. The van der Waals surface area contributed by atoms with Crippen LogP contribution in [0.5, 0.6) is 5.75 Å².